The second-order valence-electron chi connectivity index (χ2n) is 4.92. The molecule has 2 amide bonds. The summed E-state index contributed by atoms with van der Waals surface area (Å²) in [6.07, 6.45) is 1.65. The van der Waals surface area contributed by atoms with Gasteiger partial charge in [0.15, 0.2) is 5.13 Å². The molecule has 0 spiro atoms. The quantitative estimate of drug-likeness (QED) is 0.848. The maximum Gasteiger partial charge on any atom is 0.409 e. The van der Waals surface area contributed by atoms with Gasteiger partial charge in [-0.25, -0.2) is 9.78 Å². The van der Waals surface area contributed by atoms with Crippen LogP contribution in [-0.4, -0.2) is 42.6 Å². The third-order valence-corrected chi connectivity index (χ3v) is 4.56. The largest absolute Gasteiger partial charge is 0.453 e. The Morgan fingerprint density at radius 3 is 2.83 bits per heavy atom. The summed E-state index contributed by atoms with van der Waals surface area (Å²) >= 11 is 13.4. The molecule has 24 heavy (non-hydrogen) atoms. The van der Waals surface area contributed by atoms with Crippen molar-refractivity contribution < 1.29 is 14.3 Å². The van der Waals surface area contributed by atoms with Gasteiger partial charge in [0.05, 0.1) is 7.11 Å². The van der Waals surface area contributed by atoms with Gasteiger partial charge in [0.2, 0.25) is 5.91 Å². The van der Waals surface area contributed by atoms with E-state index in [4.69, 9.17) is 23.2 Å². The van der Waals surface area contributed by atoms with Crippen LogP contribution in [0.1, 0.15) is 10.4 Å². The van der Waals surface area contributed by atoms with E-state index in [1.165, 1.54) is 25.5 Å². The van der Waals surface area contributed by atoms with Crippen molar-refractivity contribution in [2.24, 2.45) is 0 Å². The predicted molar refractivity (Wildman–Crippen MR) is 95.0 cm³/mol. The molecule has 1 aromatic carbocycles. The number of thiazole rings is 1. The molecule has 6 nitrogen and oxygen atoms in total. The molecule has 0 fully saturated rings. The normalized spacial score (nSPS) is 10.3. The molecule has 128 valence electrons. The van der Waals surface area contributed by atoms with E-state index in [-0.39, 0.29) is 12.5 Å². The zero-order chi connectivity index (χ0) is 17.7. The Morgan fingerprint density at radius 2 is 2.12 bits per heavy atom. The van der Waals surface area contributed by atoms with Gasteiger partial charge in [-0.2, -0.15) is 0 Å². The van der Waals surface area contributed by atoms with E-state index < -0.39 is 6.09 Å². The highest BCUT2D eigenvalue weighted by atomic mass is 35.5. The summed E-state index contributed by atoms with van der Waals surface area (Å²) < 4.78 is 4.53. The van der Waals surface area contributed by atoms with Crippen molar-refractivity contribution in [3.8, 4) is 0 Å². The Labute approximate surface area is 153 Å². The number of likely N-dealkylation sites (N-methyl/N-ethyl adjacent to an activating group) is 1. The van der Waals surface area contributed by atoms with Crippen LogP contribution in [0.5, 0.6) is 0 Å². The molecule has 0 unspecified atom stereocenters. The maximum atomic E-state index is 11.9. The number of rotatable bonds is 5. The highest BCUT2D eigenvalue weighted by molar-refractivity contribution is 7.15. The lowest BCUT2D eigenvalue weighted by Gasteiger charge is -2.13. The monoisotopic (exact) mass is 387 g/mol. The molecule has 0 aliphatic heterocycles. The molecule has 0 radical (unpaired) electrons. The summed E-state index contributed by atoms with van der Waals surface area (Å²) in [5.74, 6) is -0.357. The van der Waals surface area contributed by atoms with Crippen molar-refractivity contribution in [2.75, 3.05) is 26.0 Å². The molecule has 1 aromatic heterocycles. The summed E-state index contributed by atoms with van der Waals surface area (Å²) in [5, 5.41) is 4.33. The Hall–Kier alpha value is -1.83. The van der Waals surface area contributed by atoms with Gasteiger partial charge in [-0.05, 0) is 23.8 Å². The van der Waals surface area contributed by atoms with E-state index in [1.54, 1.807) is 24.4 Å². The van der Waals surface area contributed by atoms with E-state index in [0.717, 1.165) is 15.3 Å². The first-order chi connectivity index (χ1) is 11.4. The lowest BCUT2D eigenvalue weighted by atomic mass is 10.1. The van der Waals surface area contributed by atoms with Crippen molar-refractivity contribution in [2.45, 2.75) is 6.42 Å². The lowest BCUT2D eigenvalue weighted by Crippen LogP contribution is -2.34. The van der Waals surface area contributed by atoms with Crippen LogP contribution < -0.4 is 5.32 Å². The molecule has 2 rings (SSSR count). The van der Waals surface area contributed by atoms with Crippen molar-refractivity contribution in [3.05, 3.63) is 44.9 Å². The van der Waals surface area contributed by atoms with E-state index in [0.29, 0.717) is 21.6 Å². The van der Waals surface area contributed by atoms with Crippen LogP contribution in [0.3, 0.4) is 0 Å². The molecule has 1 heterocycles. The van der Waals surface area contributed by atoms with Gasteiger partial charge in [-0.3, -0.25) is 4.79 Å². The summed E-state index contributed by atoms with van der Waals surface area (Å²) in [5.41, 5.74) is 0.885. The second-order valence-corrected chi connectivity index (χ2v) is 6.88. The fraction of sp³-hybridized carbons (Fsp3) is 0.267. The Kier molecular flexibility index (Phi) is 6.42. The molecule has 0 saturated carbocycles. The van der Waals surface area contributed by atoms with Gasteiger partial charge >= 0.3 is 6.09 Å². The second kappa shape index (κ2) is 8.32. The predicted octanol–water partition coefficient (Wildman–Crippen LogP) is 3.68. The number of nitrogens with zero attached hydrogens (tertiary/aromatic N) is 2. The topological polar surface area (TPSA) is 71.5 Å². The van der Waals surface area contributed by atoms with Crippen molar-refractivity contribution in [1.29, 1.82) is 0 Å². The van der Waals surface area contributed by atoms with Crippen LogP contribution in [0.15, 0.2) is 24.4 Å². The molecule has 0 bridgehead atoms. The minimum absolute atomic E-state index is 0.123. The van der Waals surface area contributed by atoms with Crippen LogP contribution in [0.2, 0.25) is 10.0 Å². The first-order valence-corrected chi connectivity index (χ1v) is 8.44. The fourth-order valence-electron chi connectivity index (χ4n) is 1.91. The van der Waals surface area contributed by atoms with E-state index in [2.05, 4.69) is 15.0 Å². The number of hydrogen-bond donors (Lipinski definition) is 1. The number of benzene rings is 1. The van der Waals surface area contributed by atoms with Gasteiger partial charge in [-0.1, -0.05) is 23.2 Å². The summed E-state index contributed by atoms with van der Waals surface area (Å²) in [4.78, 5) is 29.4. The fourth-order valence-corrected chi connectivity index (χ4v) is 3.14. The van der Waals surface area contributed by atoms with Crippen LogP contribution >= 0.6 is 34.5 Å². The Bertz CT molecular complexity index is 751. The third-order valence-electron chi connectivity index (χ3n) is 3.04. The smallest absolute Gasteiger partial charge is 0.409 e. The number of anilines is 1. The van der Waals surface area contributed by atoms with Crippen LogP contribution in [0.25, 0.3) is 0 Å². The molecular weight excluding hydrogens is 373 g/mol. The standard InChI is InChI=1S/C15H15Cl2N3O3S/c1-20(15(22)23-2)8-13(21)19-14-18-7-11(24-14)6-9-5-10(16)3-4-12(9)17/h3-5,7H,6,8H2,1-2H3,(H,18,19,21). The molecule has 9 heteroatoms. The molecule has 0 atom stereocenters. The number of ether oxygens (including phenoxy) is 1. The number of carbonyl (C=O) groups excluding carboxylic acids is 2. The van der Waals surface area contributed by atoms with Crippen molar-refractivity contribution in [1.82, 2.24) is 9.88 Å². The van der Waals surface area contributed by atoms with Gasteiger partial charge < -0.3 is 15.0 Å². The Morgan fingerprint density at radius 1 is 1.38 bits per heavy atom. The average Bonchev–Trinajstić information content (AvgIpc) is 2.96. The minimum Gasteiger partial charge on any atom is -0.453 e. The molecule has 2 aromatic rings. The molecule has 0 aliphatic rings. The highest BCUT2D eigenvalue weighted by Gasteiger charge is 2.14. The van der Waals surface area contributed by atoms with E-state index >= 15 is 0 Å². The van der Waals surface area contributed by atoms with E-state index in [9.17, 15) is 9.59 Å². The highest BCUT2D eigenvalue weighted by Crippen LogP contribution is 2.26. The molecule has 1 N–H and O–H groups in total. The van der Waals surface area contributed by atoms with Gasteiger partial charge in [0.1, 0.15) is 6.54 Å². The number of aromatic nitrogens is 1. The number of halogens is 2. The van der Waals surface area contributed by atoms with Gasteiger partial charge in [0.25, 0.3) is 0 Å². The first kappa shape index (κ1) is 18.5. The SMILES string of the molecule is COC(=O)N(C)CC(=O)Nc1ncc(Cc2cc(Cl)ccc2Cl)s1. The maximum absolute atomic E-state index is 11.9. The zero-order valence-electron chi connectivity index (χ0n) is 13.0. The number of methoxy groups -OCH3 is 1. The van der Waals surface area contributed by atoms with Gasteiger partial charge in [-0.15, -0.1) is 11.3 Å². The zero-order valence-corrected chi connectivity index (χ0v) is 15.3. The van der Waals surface area contributed by atoms with Crippen LogP contribution in [0.4, 0.5) is 9.93 Å². The molecule has 0 aliphatic carbocycles. The molecule has 0 saturated heterocycles. The average molecular weight is 388 g/mol. The van der Waals surface area contributed by atoms with Crippen molar-refractivity contribution >= 4 is 51.7 Å². The van der Waals surface area contributed by atoms with Crippen molar-refractivity contribution in [3.63, 3.8) is 0 Å². The number of nitrogens with one attached hydrogen (secondary N) is 1. The van der Waals surface area contributed by atoms with E-state index in [1.807, 2.05) is 0 Å². The number of hydrogen-bond acceptors (Lipinski definition) is 5. The minimum atomic E-state index is -0.583. The number of amides is 2. The Balaban J connectivity index is 1.97. The van der Waals surface area contributed by atoms with Gasteiger partial charge in [0, 0.05) is 34.6 Å². The summed E-state index contributed by atoms with van der Waals surface area (Å²) in [6, 6.07) is 5.27. The number of carbonyl (C=O) groups is 2. The first-order valence-electron chi connectivity index (χ1n) is 6.86. The lowest BCUT2D eigenvalue weighted by molar-refractivity contribution is -0.116. The summed E-state index contributed by atoms with van der Waals surface area (Å²) in [7, 11) is 2.73. The third kappa shape index (κ3) is 5.09. The molecular formula is C15H15Cl2N3O3S. The van der Waals surface area contributed by atoms with Crippen LogP contribution in [0, 0.1) is 0 Å². The summed E-state index contributed by atoms with van der Waals surface area (Å²) in [6.45, 7) is -0.123. The van der Waals surface area contributed by atoms with Crippen LogP contribution in [-0.2, 0) is 16.0 Å².